The molecule has 2 bridgehead atoms. The molecule has 1 N–H and O–H groups in total. The minimum absolute atomic E-state index is 0.441. The van der Waals surface area contributed by atoms with E-state index in [1.807, 2.05) is 0 Å². The zero-order valence-electron chi connectivity index (χ0n) is 9.28. The van der Waals surface area contributed by atoms with Crippen molar-refractivity contribution in [2.75, 3.05) is 7.05 Å². The quantitative estimate of drug-likeness (QED) is 0.924. The van der Waals surface area contributed by atoms with Crippen molar-refractivity contribution in [3.8, 4) is 0 Å². The van der Waals surface area contributed by atoms with Gasteiger partial charge in [0.05, 0.1) is 12.2 Å². The minimum atomic E-state index is 0.441. The van der Waals surface area contributed by atoms with E-state index in [2.05, 4.69) is 39.1 Å². The molecule has 1 aromatic heterocycles. The van der Waals surface area contributed by atoms with Crippen LogP contribution in [0.4, 0.5) is 0 Å². The van der Waals surface area contributed by atoms with E-state index in [1.54, 1.807) is 11.3 Å². The van der Waals surface area contributed by atoms with Crippen molar-refractivity contribution in [2.45, 2.75) is 37.5 Å². The van der Waals surface area contributed by atoms with E-state index in [0.717, 1.165) is 0 Å². The Morgan fingerprint density at radius 2 is 2.38 bits per heavy atom. The Labute approximate surface area is 109 Å². The van der Waals surface area contributed by atoms with Gasteiger partial charge in [-0.3, -0.25) is 0 Å². The van der Waals surface area contributed by atoms with E-state index < -0.39 is 0 Å². The van der Waals surface area contributed by atoms with Gasteiger partial charge in [0.15, 0.2) is 0 Å². The molecule has 0 aliphatic carbocycles. The summed E-state index contributed by atoms with van der Waals surface area (Å²) in [6.45, 7) is 0. The first-order valence-corrected chi connectivity index (χ1v) is 7.57. The molecule has 4 unspecified atom stereocenters. The number of thiophene rings is 1. The fourth-order valence-electron chi connectivity index (χ4n) is 3.14. The molecule has 3 heterocycles. The Morgan fingerprint density at radius 1 is 1.50 bits per heavy atom. The average Bonchev–Trinajstić information content (AvgIpc) is 2.97. The first-order valence-electron chi connectivity index (χ1n) is 5.84. The Bertz CT molecular complexity index is 381. The molecule has 0 spiro atoms. The molecule has 88 valence electrons. The van der Waals surface area contributed by atoms with Gasteiger partial charge in [-0.1, -0.05) is 0 Å². The van der Waals surface area contributed by atoms with Gasteiger partial charge < -0.3 is 10.1 Å². The zero-order valence-corrected chi connectivity index (χ0v) is 11.7. The highest BCUT2D eigenvalue weighted by atomic mass is 79.9. The van der Waals surface area contributed by atoms with Gasteiger partial charge in [-0.15, -0.1) is 0 Å². The first kappa shape index (κ1) is 11.2. The Hall–Kier alpha value is 0.1000. The van der Waals surface area contributed by atoms with Crippen molar-refractivity contribution in [3.05, 3.63) is 20.8 Å². The number of fused-ring (bicyclic) bond motifs is 2. The highest BCUT2D eigenvalue weighted by molar-refractivity contribution is 9.10. The zero-order chi connectivity index (χ0) is 11.1. The van der Waals surface area contributed by atoms with Gasteiger partial charge in [-0.25, -0.2) is 0 Å². The second-order valence-corrected chi connectivity index (χ2v) is 6.31. The van der Waals surface area contributed by atoms with E-state index in [-0.39, 0.29) is 0 Å². The average molecular weight is 302 g/mol. The summed E-state index contributed by atoms with van der Waals surface area (Å²) in [7, 11) is 2.06. The second-order valence-electron chi connectivity index (χ2n) is 4.71. The van der Waals surface area contributed by atoms with E-state index in [1.165, 1.54) is 29.3 Å². The van der Waals surface area contributed by atoms with Crippen molar-refractivity contribution in [1.29, 1.82) is 0 Å². The maximum absolute atomic E-state index is 5.95. The number of hydrogen-bond acceptors (Lipinski definition) is 3. The molecule has 4 atom stereocenters. The molecule has 2 nitrogen and oxygen atoms in total. The van der Waals surface area contributed by atoms with E-state index in [4.69, 9.17) is 4.74 Å². The molecule has 0 amide bonds. The van der Waals surface area contributed by atoms with E-state index >= 15 is 0 Å². The maximum atomic E-state index is 5.95. The molecule has 2 aliphatic rings. The van der Waals surface area contributed by atoms with Gasteiger partial charge >= 0.3 is 0 Å². The molecule has 1 aromatic rings. The van der Waals surface area contributed by atoms with Gasteiger partial charge in [-0.2, -0.15) is 11.3 Å². The van der Waals surface area contributed by atoms with Gasteiger partial charge in [0, 0.05) is 21.8 Å². The van der Waals surface area contributed by atoms with E-state index in [9.17, 15) is 0 Å². The van der Waals surface area contributed by atoms with E-state index in [0.29, 0.717) is 24.2 Å². The third-order valence-electron chi connectivity index (χ3n) is 3.87. The molecule has 16 heavy (non-hydrogen) atoms. The number of hydrogen-bond donors (Lipinski definition) is 1. The van der Waals surface area contributed by atoms with Crippen LogP contribution in [-0.2, 0) is 4.74 Å². The molecular weight excluding hydrogens is 286 g/mol. The van der Waals surface area contributed by atoms with Crippen LogP contribution in [0.1, 0.15) is 30.9 Å². The van der Waals surface area contributed by atoms with Crippen LogP contribution in [0.2, 0.25) is 0 Å². The predicted molar refractivity (Wildman–Crippen MR) is 69.8 cm³/mol. The summed E-state index contributed by atoms with van der Waals surface area (Å²) < 4.78 is 7.19. The summed E-state index contributed by atoms with van der Waals surface area (Å²) >= 11 is 5.40. The fourth-order valence-corrected chi connectivity index (χ4v) is 4.72. The van der Waals surface area contributed by atoms with Gasteiger partial charge in [0.25, 0.3) is 0 Å². The molecule has 0 saturated carbocycles. The lowest BCUT2D eigenvalue weighted by atomic mass is 9.82. The van der Waals surface area contributed by atoms with Crippen LogP contribution in [0.15, 0.2) is 15.2 Å². The second kappa shape index (κ2) is 4.41. The van der Waals surface area contributed by atoms with Crippen LogP contribution in [0.25, 0.3) is 0 Å². The van der Waals surface area contributed by atoms with Crippen molar-refractivity contribution >= 4 is 27.3 Å². The summed E-state index contributed by atoms with van der Waals surface area (Å²) in [5.41, 5.74) is 1.40. The lowest BCUT2D eigenvalue weighted by Crippen LogP contribution is -2.31. The molecule has 0 aromatic carbocycles. The van der Waals surface area contributed by atoms with Crippen LogP contribution in [0.3, 0.4) is 0 Å². The number of rotatable bonds is 3. The van der Waals surface area contributed by atoms with Crippen LogP contribution < -0.4 is 5.32 Å². The normalized spacial score (nSPS) is 34.5. The third-order valence-corrected chi connectivity index (χ3v) is 5.62. The summed E-state index contributed by atoms with van der Waals surface area (Å²) in [4.78, 5) is 0. The highest BCUT2D eigenvalue weighted by Crippen LogP contribution is 2.46. The van der Waals surface area contributed by atoms with Crippen LogP contribution in [-0.4, -0.2) is 19.3 Å². The predicted octanol–water partition coefficient (Wildman–Crippen LogP) is 3.34. The van der Waals surface area contributed by atoms with Gasteiger partial charge in [0.1, 0.15) is 0 Å². The summed E-state index contributed by atoms with van der Waals surface area (Å²) in [6, 6.07) is 0.441. The van der Waals surface area contributed by atoms with Crippen LogP contribution in [0.5, 0.6) is 0 Å². The number of nitrogens with one attached hydrogen (secondary N) is 1. The molecule has 2 saturated heterocycles. The van der Waals surface area contributed by atoms with Crippen LogP contribution in [0, 0.1) is 5.92 Å². The summed E-state index contributed by atoms with van der Waals surface area (Å²) in [5, 5.41) is 7.88. The van der Waals surface area contributed by atoms with Gasteiger partial charge in [-0.05, 0) is 53.2 Å². The number of ether oxygens (including phenoxy) is 1. The van der Waals surface area contributed by atoms with Crippen LogP contribution >= 0.6 is 27.3 Å². The first-order chi connectivity index (χ1) is 7.79. The monoisotopic (exact) mass is 301 g/mol. The van der Waals surface area contributed by atoms with Gasteiger partial charge in [0.2, 0.25) is 0 Å². The topological polar surface area (TPSA) is 21.3 Å². The lowest BCUT2D eigenvalue weighted by Gasteiger charge is -2.28. The fraction of sp³-hybridized carbons (Fsp3) is 0.667. The lowest BCUT2D eigenvalue weighted by molar-refractivity contribution is 0.0863. The molecule has 0 radical (unpaired) electrons. The van der Waals surface area contributed by atoms with Crippen molar-refractivity contribution in [3.63, 3.8) is 0 Å². The molecular formula is C12H16BrNOS. The third kappa shape index (κ3) is 1.76. The molecule has 2 aliphatic heterocycles. The Kier molecular flexibility index (Phi) is 3.09. The highest BCUT2D eigenvalue weighted by Gasteiger charge is 2.44. The molecule has 4 heteroatoms. The standard InChI is InChI=1S/C12H16BrNOS/c1-14-12(9-5-16-6-10(9)13)8-4-7-2-3-11(8)15-7/h5-8,11-12,14H,2-4H2,1H3. The Morgan fingerprint density at radius 3 is 2.88 bits per heavy atom. The smallest absolute Gasteiger partial charge is 0.0627 e. The summed E-state index contributed by atoms with van der Waals surface area (Å²) in [5.74, 6) is 0.648. The Balaban J connectivity index is 1.84. The maximum Gasteiger partial charge on any atom is 0.0627 e. The molecule has 2 fully saturated rings. The van der Waals surface area contributed by atoms with Crippen molar-refractivity contribution in [1.82, 2.24) is 5.32 Å². The van der Waals surface area contributed by atoms with Crippen molar-refractivity contribution < 1.29 is 4.74 Å². The summed E-state index contributed by atoms with van der Waals surface area (Å²) in [6.07, 6.45) is 4.74. The number of halogens is 1. The minimum Gasteiger partial charge on any atom is -0.375 e. The SMILES string of the molecule is CNC(c1cscc1Br)C1CC2CCC1O2. The largest absolute Gasteiger partial charge is 0.375 e. The van der Waals surface area contributed by atoms with Crippen molar-refractivity contribution in [2.24, 2.45) is 5.92 Å². The molecule has 3 rings (SSSR count).